The van der Waals surface area contributed by atoms with Crippen molar-refractivity contribution in [1.82, 2.24) is 20.0 Å². The summed E-state index contributed by atoms with van der Waals surface area (Å²) in [6.07, 6.45) is 2.86. The van der Waals surface area contributed by atoms with Crippen molar-refractivity contribution in [1.29, 1.82) is 0 Å². The Bertz CT molecular complexity index is 406. The number of ether oxygens (including phenoxy) is 2. The number of hydrogen-bond donors (Lipinski definition) is 1. The lowest BCUT2D eigenvalue weighted by molar-refractivity contribution is 0.0990. The molecular weight excluding hydrogens is 268 g/mol. The second kappa shape index (κ2) is 9.02. The average molecular weight is 298 g/mol. The highest BCUT2D eigenvalue weighted by Gasteiger charge is 2.23. The Labute approximate surface area is 128 Å². The van der Waals surface area contributed by atoms with E-state index in [0.29, 0.717) is 0 Å². The Balaban J connectivity index is 2.99. The Kier molecular flexibility index (Phi) is 7.71. The summed E-state index contributed by atoms with van der Waals surface area (Å²) in [5, 5.41) is 8.00. The third kappa shape index (κ3) is 5.30. The van der Waals surface area contributed by atoms with Crippen molar-refractivity contribution in [2.24, 2.45) is 0 Å². The van der Waals surface area contributed by atoms with Crippen LogP contribution in [0, 0.1) is 0 Å². The van der Waals surface area contributed by atoms with Gasteiger partial charge in [-0.15, -0.1) is 0 Å². The molecule has 1 N–H and O–H groups in total. The van der Waals surface area contributed by atoms with Crippen LogP contribution in [0.25, 0.3) is 0 Å². The second-order valence-corrected chi connectivity index (χ2v) is 5.52. The standard InChI is InChI=1S/C15H30N4O2/c1-7-16-13(10-12(2)20-5)15-14(21-6)11-17-19(15)9-8-18(3)4/h11-13,16H,7-10H2,1-6H3. The zero-order valence-corrected chi connectivity index (χ0v) is 14.2. The molecule has 0 fully saturated rings. The number of nitrogens with zero attached hydrogens (tertiary/aromatic N) is 3. The van der Waals surface area contributed by atoms with Gasteiger partial charge in [0, 0.05) is 13.7 Å². The SMILES string of the molecule is CCNC(CC(C)OC)c1c(OC)cnn1CCN(C)C. The van der Waals surface area contributed by atoms with Gasteiger partial charge >= 0.3 is 0 Å². The van der Waals surface area contributed by atoms with E-state index in [1.54, 1.807) is 20.4 Å². The fourth-order valence-electron chi connectivity index (χ4n) is 2.33. The summed E-state index contributed by atoms with van der Waals surface area (Å²) in [5.74, 6) is 0.836. The molecular formula is C15H30N4O2. The Morgan fingerprint density at radius 1 is 1.38 bits per heavy atom. The zero-order chi connectivity index (χ0) is 15.8. The summed E-state index contributed by atoms with van der Waals surface area (Å²) in [5.41, 5.74) is 1.10. The van der Waals surface area contributed by atoms with E-state index in [-0.39, 0.29) is 12.1 Å². The number of likely N-dealkylation sites (N-methyl/N-ethyl adjacent to an activating group) is 1. The Hall–Kier alpha value is -1.11. The van der Waals surface area contributed by atoms with Gasteiger partial charge in [0.1, 0.15) is 0 Å². The van der Waals surface area contributed by atoms with Crippen molar-refractivity contribution in [2.75, 3.05) is 41.4 Å². The van der Waals surface area contributed by atoms with Gasteiger partial charge in [0.15, 0.2) is 5.75 Å². The van der Waals surface area contributed by atoms with Crippen LogP contribution in [0.15, 0.2) is 6.20 Å². The molecule has 1 aromatic rings. The van der Waals surface area contributed by atoms with Crippen molar-refractivity contribution < 1.29 is 9.47 Å². The minimum absolute atomic E-state index is 0.171. The fraction of sp³-hybridized carbons (Fsp3) is 0.800. The predicted molar refractivity (Wildman–Crippen MR) is 84.8 cm³/mol. The smallest absolute Gasteiger partial charge is 0.161 e. The van der Waals surface area contributed by atoms with E-state index in [9.17, 15) is 0 Å². The summed E-state index contributed by atoms with van der Waals surface area (Å²) in [6, 6.07) is 0.171. The highest BCUT2D eigenvalue weighted by Crippen LogP contribution is 2.28. The topological polar surface area (TPSA) is 51.5 Å². The molecule has 1 heterocycles. The summed E-state index contributed by atoms with van der Waals surface area (Å²) in [4.78, 5) is 2.15. The predicted octanol–water partition coefficient (Wildman–Crippen LogP) is 1.53. The molecule has 0 aliphatic carbocycles. The molecule has 0 amide bonds. The molecule has 2 atom stereocenters. The Morgan fingerprint density at radius 3 is 2.62 bits per heavy atom. The molecule has 0 spiro atoms. The first-order chi connectivity index (χ1) is 10.0. The van der Waals surface area contributed by atoms with Gasteiger partial charge in [0.25, 0.3) is 0 Å². The van der Waals surface area contributed by atoms with Gasteiger partial charge in [-0.1, -0.05) is 6.92 Å². The third-order valence-electron chi connectivity index (χ3n) is 3.57. The minimum Gasteiger partial charge on any atom is -0.493 e. The van der Waals surface area contributed by atoms with Crippen LogP contribution in [0.1, 0.15) is 32.0 Å². The first-order valence-electron chi connectivity index (χ1n) is 7.54. The summed E-state index contributed by atoms with van der Waals surface area (Å²) in [7, 11) is 7.57. The maximum absolute atomic E-state index is 5.50. The lowest BCUT2D eigenvalue weighted by atomic mass is 10.1. The van der Waals surface area contributed by atoms with Crippen molar-refractivity contribution >= 4 is 0 Å². The fourth-order valence-corrected chi connectivity index (χ4v) is 2.33. The van der Waals surface area contributed by atoms with Gasteiger partial charge in [0.2, 0.25) is 0 Å². The first-order valence-corrected chi connectivity index (χ1v) is 7.54. The number of nitrogens with one attached hydrogen (secondary N) is 1. The van der Waals surface area contributed by atoms with Crippen molar-refractivity contribution in [2.45, 2.75) is 39.0 Å². The lowest BCUT2D eigenvalue weighted by Gasteiger charge is -2.23. The molecule has 0 saturated carbocycles. The molecule has 0 aliphatic heterocycles. The van der Waals surface area contributed by atoms with Crippen LogP contribution in [0.5, 0.6) is 5.75 Å². The zero-order valence-electron chi connectivity index (χ0n) is 14.2. The second-order valence-electron chi connectivity index (χ2n) is 5.52. The molecule has 0 aromatic carbocycles. The first kappa shape index (κ1) is 17.9. The molecule has 6 nitrogen and oxygen atoms in total. The lowest BCUT2D eigenvalue weighted by Crippen LogP contribution is -2.29. The number of aromatic nitrogens is 2. The van der Waals surface area contributed by atoms with Gasteiger partial charge in [0.05, 0.1) is 37.7 Å². The molecule has 122 valence electrons. The number of methoxy groups -OCH3 is 2. The van der Waals surface area contributed by atoms with Gasteiger partial charge < -0.3 is 19.7 Å². The molecule has 0 saturated heterocycles. The monoisotopic (exact) mass is 298 g/mol. The maximum atomic E-state index is 5.50. The normalized spacial score (nSPS) is 14.4. The number of rotatable bonds is 10. The molecule has 0 bridgehead atoms. The van der Waals surface area contributed by atoms with E-state index in [2.05, 4.69) is 43.3 Å². The molecule has 0 aliphatic rings. The number of hydrogen-bond acceptors (Lipinski definition) is 5. The molecule has 1 aromatic heterocycles. The van der Waals surface area contributed by atoms with Gasteiger partial charge in [-0.2, -0.15) is 5.10 Å². The van der Waals surface area contributed by atoms with Crippen LogP contribution in [0.3, 0.4) is 0 Å². The molecule has 6 heteroatoms. The van der Waals surface area contributed by atoms with E-state index in [1.807, 2.05) is 4.68 Å². The summed E-state index contributed by atoms with van der Waals surface area (Å²) < 4.78 is 13.0. The largest absolute Gasteiger partial charge is 0.493 e. The van der Waals surface area contributed by atoms with Crippen LogP contribution in [0.4, 0.5) is 0 Å². The molecule has 2 unspecified atom stereocenters. The van der Waals surface area contributed by atoms with E-state index < -0.39 is 0 Å². The van der Waals surface area contributed by atoms with E-state index in [1.165, 1.54) is 0 Å². The van der Waals surface area contributed by atoms with Crippen LogP contribution in [-0.4, -0.2) is 62.2 Å². The molecule has 1 rings (SSSR count). The minimum atomic E-state index is 0.171. The van der Waals surface area contributed by atoms with Gasteiger partial charge in [-0.3, -0.25) is 4.68 Å². The highest BCUT2D eigenvalue weighted by atomic mass is 16.5. The van der Waals surface area contributed by atoms with Crippen molar-refractivity contribution in [3.8, 4) is 5.75 Å². The van der Waals surface area contributed by atoms with Gasteiger partial charge in [-0.25, -0.2) is 0 Å². The van der Waals surface area contributed by atoms with Crippen LogP contribution in [-0.2, 0) is 11.3 Å². The van der Waals surface area contributed by atoms with Crippen LogP contribution >= 0.6 is 0 Å². The summed E-state index contributed by atoms with van der Waals surface area (Å²) in [6.45, 7) is 6.86. The summed E-state index contributed by atoms with van der Waals surface area (Å²) >= 11 is 0. The van der Waals surface area contributed by atoms with Crippen molar-refractivity contribution in [3.05, 3.63) is 11.9 Å². The van der Waals surface area contributed by atoms with Crippen molar-refractivity contribution in [3.63, 3.8) is 0 Å². The van der Waals surface area contributed by atoms with E-state index in [0.717, 1.165) is 37.5 Å². The van der Waals surface area contributed by atoms with Crippen LogP contribution in [0.2, 0.25) is 0 Å². The molecule has 0 radical (unpaired) electrons. The average Bonchev–Trinajstić information content (AvgIpc) is 2.87. The highest BCUT2D eigenvalue weighted by molar-refractivity contribution is 5.28. The van der Waals surface area contributed by atoms with E-state index >= 15 is 0 Å². The molecule has 21 heavy (non-hydrogen) atoms. The quantitative estimate of drug-likeness (QED) is 0.710. The third-order valence-corrected chi connectivity index (χ3v) is 3.57. The van der Waals surface area contributed by atoms with Crippen LogP contribution < -0.4 is 10.1 Å². The maximum Gasteiger partial charge on any atom is 0.161 e. The Morgan fingerprint density at radius 2 is 2.10 bits per heavy atom. The van der Waals surface area contributed by atoms with E-state index in [4.69, 9.17) is 9.47 Å². The van der Waals surface area contributed by atoms with Gasteiger partial charge in [-0.05, 0) is 34.0 Å².